The average molecular weight is 376 g/mol. The monoisotopic (exact) mass is 376 g/mol. The van der Waals surface area contributed by atoms with Crippen LogP contribution in [0.1, 0.15) is 56.4 Å². The molecule has 0 bridgehead atoms. The van der Waals surface area contributed by atoms with Gasteiger partial charge < -0.3 is 24.6 Å². The molecule has 2 amide bonds. The minimum atomic E-state index is -0.249. The number of nitrogens with one attached hydrogen (secondary N) is 2. The van der Waals surface area contributed by atoms with Crippen LogP contribution in [0.3, 0.4) is 0 Å². The summed E-state index contributed by atoms with van der Waals surface area (Å²) in [6.45, 7) is 6.42. The Kier molecular flexibility index (Phi) is 7.45. The van der Waals surface area contributed by atoms with Gasteiger partial charge in [-0.15, -0.1) is 0 Å². The first-order chi connectivity index (χ1) is 12.9. The summed E-state index contributed by atoms with van der Waals surface area (Å²) >= 11 is 0. The molecule has 8 nitrogen and oxygen atoms in total. The largest absolute Gasteiger partial charge is 0.497 e. The van der Waals surface area contributed by atoms with Gasteiger partial charge in [-0.05, 0) is 31.5 Å². The molecule has 0 saturated heterocycles. The average Bonchev–Trinajstić information content (AvgIpc) is 3.14. The van der Waals surface area contributed by atoms with Crippen LogP contribution in [-0.4, -0.2) is 36.9 Å². The Morgan fingerprint density at radius 1 is 1.22 bits per heavy atom. The van der Waals surface area contributed by atoms with E-state index in [-0.39, 0.29) is 18.0 Å². The molecule has 1 aromatic carbocycles. The molecule has 1 atom stereocenters. The molecule has 2 rings (SSSR count). The standard InChI is InChI=1S/C19H28N4O4/c1-12(2)18-22-17(27-23-18)7-6-10-20-19(24)21-13(3)15-11-14(25-4)8-9-16(15)26-5/h8-9,11-13H,6-7,10H2,1-5H3,(H2,20,21,24). The number of nitrogens with zero attached hydrogens (tertiary/aromatic N) is 2. The predicted octanol–water partition coefficient (Wildman–Crippen LogP) is 3.20. The zero-order valence-corrected chi connectivity index (χ0v) is 16.5. The van der Waals surface area contributed by atoms with Gasteiger partial charge in [0.15, 0.2) is 5.82 Å². The van der Waals surface area contributed by atoms with Crippen molar-refractivity contribution in [2.24, 2.45) is 0 Å². The van der Waals surface area contributed by atoms with Gasteiger partial charge in [0.2, 0.25) is 5.89 Å². The molecule has 0 fully saturated rings. The van der Waals surface area contributed by atoms with E-state index in [1.54, 1.807) is 14.2 Å². The van der Waals surface area contributed by atoms with Gasteiger partial charge in [-0.3, -0.25) is 0 Å². The fourth-order valence-electron chi connectivity index (χ4n) is 2.55. The van der Waals surface area contributed by atoms with Gasteiger partial charge in [0.25, 0.3) is 0 Å². The van der Waals surface area contributed by atoms with Crippen LogP contribution in [0.2, 0.25) is 0 Å². The molecule has 0 spiro atoms. The first kappa shape index (κ1) is 20.5. The summed E-state index contributed by atoms with van der Waals surface area (Å²) in [6.07, 6.45) is 1.34. The Balaban J connectivity index is 1.79. The van der Waals surface area contributed by atoms with Crippen molar-refractivity contribution in [3.63, 3.8) is 0 Å². The van der Waals surface area contributed by atoms with Gasteiger partial charge in [0.1, 0.15) is 11.5 Å². The number of rotatable bonds is 9. The van der Waals surface area contributed by atoms with Crippen LogP contribution < -0.4 is 20.1 Å². The summed E-state index contributed by atoms with van der Waals surface area (Å²) < 4.78 is 15.8. The number of aryl methyl sites for hydroxylation is 1. The third-order valence-electron chi connectivity index (χ3n) is 4.10. The van der Waals surface area contributed by atoms with Crippen molar-refractivity contribution in [3.05, 3.63) is 35.5 Å². The highest BCUT2D eigenvalue weighted by Gasteiger charge is 2.15. The van der Waals surface area contributed by atoms with Crippen LogP contribution in [0.25, 0.3) is 0 Å². The second-order valence-corrected chi connectivity index (χ2v) is 6.53. The summed E-state index contributed by atoms with van der Waals surface area (Å²) in [5.74, 6) is 2.94. The van der Waals surface area contributed by atoms with Gasteiger partial charge in [-0.2, -0.15) is 4.98 Å². The highest BCUT2D eigenvalue weighted by Crippen LogP contribution is 2.29. The van der Waals surface area contributed by atoms with E-state index in [1.165, 1.54) is 0 Å². The van der Waals surface area contributed by atoms with E-state index in [1.807, 2.05) is 39.0 Å². The zero-order valence-electron chi connectivity index (χ0n) is 16.5. The number of aromatic nitrogens is 2. The van der Waals surface area contributed by atoms with Gasteiger partial charge >= 0.3 is 6.03 Å². The first-order valence-corrected chi connectivity index (χ1v) is 9.03. The number of urea groups is 1. The Bertz CT molecular complexity index is 745. The number of ether oxygens (including phenoxy) is 2. The van der Waals surface area contributed by atoms with Crippen LogP contribution in [0.15, 0.2) is 22.7 Å². The molecule has 1 heterocycles. The molecular formula is C19H28N4O4. The number of hydrogen-bond acceptors (Lipinski definition) is 6. The van der Waals surface area contributed by atoms with Crippen LogP contribution >= 0.6 is 0 Å². The van der Waals surface area contributed by atoms with Crippen LogP contribution in [0.4, 0.5) is 4.79 Å². The van der Waals surface area contributed by atoms with Crippen molar-refractivity contribution in [3.8, 4) is 11.5 Å². The fraction of sp³-hybridized carbons (Fsp3) is 0.526. The molecule has 0 aliphatic carbocycles. The maximum atomic E-state index is 12.1. The molecule has 8 heteroatoms. The lowest BCUT2D eigenvalue weighted by atomic mass is 10.1. The van der Waals surface area contributed by atoms with E-state index in [0.717, 1.165) is 5.56 Å². The maximum Gasteiger partial charge on any atom is 0.315 e. The lowest BCUT2D eigenvalue weighted by molar-refractivity contribution is 0.237. The highest BCUT2D eigenvalue weighted by atomic mass is 16.5. The lowest BCUT2D eigenvalue weighted by Gasteiger charge is -2.18. The smallest absolute Gasteiger partial charge is 0.315 e. The molecule has 0 aliphatic heterocycles. The molecule has 0 saturated carbocycles. The molecule has 27 heavy (non-hydrogen) atoms. The van der Waals surface area contributed by atoms with E-state index in [9.17, 15) is 4.79 Å². The van der Waals surface area contributed by atoms with Gasteiger partial charge in [-0.25, -0.2) is 4.79 Å². The Morgan fingerprint density at radius 2 is 2.00 bits per heavy atom. The molecule has 148 valence electrons. The summed E-state index contributed by atoms with van der Waals surface area (Å²) in [5.41, 5.74) is 0.846. The predicted molar refractivity (Wildman–Crippen MR) is 101 cm³/mol. The number of hydrogen-bond donors (Lipinski definition) is 2. The summed E-state index contributed by atoms with van der Waals surface area (Å²) in [5, 5.41) is 9.67. The quantitative estimate of drug-likeness (QED) is 0.652. The van der Waals surface area contributed by atoms with Crippen molar-refractivity contribution in [1.29, 1.82) is 0 Å². The fourth-order valence-corrected chi connectivity index (χ4v) is 2.55. The van der Waals surface area contributed by atoms with Crippen LogP contribution in [0.5, 0.6) is 11.5 Å². The molecule has 0 aliphatic rings. The number of carbonyl (C=O) groups excluding carboxylic acids is 1. The van der Waals surface area contributed by atoms with E-state index in [4.69, 9.17) is 14.0 Å². The molecular weight excluding hydrogens is 348 g/mol. The third kappa shape index (κ3) is 5.87. The number of amides is 2. The molecule has 1 aromatic heterocycles. The van der Waals surface area contributed by atoms with E-state index >= 15 is 0 Å². The SMILES string of the molecule is COc1ccc(OC)c(C(C)NC(=O)NCCCc2nc(C(C)C)no2)c1. The van der Waals surface area contributed by atoms with Crippen molar-refractivity contribution in [1.82, 2.24) is 20.8 Å². The first-order valence-electron chi connectivity index (χ1n) is 9.03. The molecule has 1 unspecified atom stereocenters. The molecule has 2 aromatic rings. The van der Waals surface area contributed by atoms with E-state index in [2.05, 4.69) is 20.8 Å². The Hall–Kier alpha value is -2.77. The minimum absolute atomic E-state index is 0.236. The van der Waals surface area contributed by atoms with Crippen molar-refractivity contribution in [2.75, 3.05) is 20.8 Å². The number of methoxy groups -OCH3 is 2. The highest BCUT2D eigenvalue weighted by molar-refractivity contribution is 5.74. The zero-order chi connectivity index (χ0) is 19.8. The van der Waals surface area contributed by atoms with Crippen molar-refractivity contribution >= 4 is 6.03 Å². The summed E-state index contributed by atoms with van der Waals surface area (Å²) in [4.78, 5) is 16.5. The normalized spacial score (nSPS) is 11.9. The van der Waals surface area contributed by atoms with Crippen LogP contribution in [0, 0.1) is 0 Å². The minimum Gasteiger partial charge on any atom is -0.497 e. The van der Waals surface area contributed by atoms with Gasteiger partial charge in [0, 0.05) is 24.4 Å². The second-order valence-electron chi connectivity index (χ2n) is 6.53. The topological polar surface area (TPSA) is 98.5 Å². The number of benzene rings is 1. The van der Waals surface area contributed by atoms with Crippen LogP contribution in [-0.2, 0) is 6.42 Å². The summed E-state index contributed by atoms with van der Waals surface area (Å²) in [6, 6.07) is 5.00. The second kappa shape index (κ2) is 9.80. The van der Waals surface area contributed by atoms with Gasteiger partial charge in [-0.1, -0.05) is 19.0 Å². The van der Waals surface area contributed by atoms with E-state index in [0.29, 0.717) is 42.6 Å². The lowest BCUT2D eigenvalue weighted by Crippen LogP contribution is -2.37. The summed E-state index contributed by atoms with van der Waals surface area (Å²) in [7, 11) is 3.20. The van der Waals surface area contributed by atoms with Crippen molar-refractivity contribution in [2.45, 2.75) is 45.6 Å². The Labute approximate surface area is 159 Å². The van der Waals surface area contributed by atoms with E-state index < -0.39 is 0 Å². The maximum absolute atomic E-state index is 12.1. The third-order valence-corrected chi connectivity index (χ3v) is 4.10. The number of carbonyl (C=O) groups is 1. The Morgan fingerprint density at radius 3 is 2.63 bits per heavy atom. The van der Waals surface area contributed by atoms with Crippen molar-refractivity contribution < 1.29 is 18.8 Å². The molecule has 0 radical (unpaired) electrons. The molecule has 2 N–H and O–H groups in total. The van der Waals surface area contributed by atoms with Gasteiger partial charge in [0.05, 0.1) is 20.3 Å².